The number of rotatable bonds is 1. The van der Waals surface area contributed by atoms with Crippen molar-refractivity contribution in [2.24, 2.45) is 4.99 Å². The summed E-state index contributed by atoms with van der Waals surface area (Å²) in [5.74, 6) is 0.933. The van der Waals surface area contributed by atoms with E-state index in [1.54, 1.807) is 12.1 Å². The van der Waals surface area contributed by atoms with Crippen LogP contribution in [0.25, 0.3) is 0 Å². The summed E-state index contributed by atoms with van der Waals surface area (Å²) in [5, 5.41) is 8.75. The molecule has 79 valence electrons. The molecule has 0 aromatic heterocycles. The van der Waals surface area contributed by atoms with E-state index in [0.717, 1.165) is 24.5 Å². The molecular weight excluding hydrogens is 366 g/mol. The van der Waals surface area contributed by atoms with Crippen molar-refractivity contribution in [3.8, 4) is 6.07 Å². The van der Waals surface area contributed by atoms with Crippen LogP contribution in [0, 0.1) is 17.4 Å². The van der Waals surface area contributed by atoms with Crippen LogP contribution >= 0.6 is 0 Å². The topological polar surface area (TPSA) is 39.4 Å². The molecule has 15 heavy (non-hydrogen) atoms. The zero-order valence-electron chi connectivity index (χ0n) is 8.32. The normalized spacial score (nSPS) is 14.1. The summed E-state index contributed by atoms with van der Waals surface area (Å²) in [6, 6.07) is 10.5. The molecule has 3 nitrogen and oxygen atoms in total. The summed E-state index contributed by atoms with van der Waals surface area (Å²) in [6.45, 7) is 1.77. The van der Waals surface area contributed by atoms with Crippen molar-refractivity contribution in [1.29, 1.82) is 5.26 Å². The van der Waals surface area contributed by atoms with Gasteiger partial charge in [0.05, 0.1) is 6.07 Å². The van der Waals surface area contributed by atoms with E-state index in [-0.39, 0.29) is 20.1 Å². The van der Waals surface area contributed by atoms with Crippen LogP contribution in [0.1, 0.15) is 11.1 Å². The predicted octanol–water partition coefficient (Wildman–Crippen LogP) is 1.05. The van der Waals surface area contributed by atoms with Crippen molar-refractivity contribution < 1.29 is 20.1 Å². The van der Waals surface area contributed by atoms with Gasteiger partial charge in [0.25, 0.3) is 0 Å². The summed E-state index contributed by atoms with van der Waals surface area (Å²) in [5.41, 5.74) is 1.56. The Morgan fingerprint density at radius 1 is 1.60 bits per heavy atom. The molecule has 0 saturated carbocycles. The smallest absolute Gasteiger partial charge is 0.0789 e. The van der Waals surface area contributed by atoms with Gasteiger partial charge in [0.15, 0.2) is 0 Å². The molecular formula is C11H10IrN3-. The fourth-order valence-corrected chi connectivity index (χ4v) is 1.49. The van der Waals surface area contributed by atoms with E-state index < -0.39 is 0 Å². The second kappa shape index (κ2) is 5.06. The third-order valence-electron chi connectivity index (χ3n) is 2.23. The fourth-order valence-electron chi connectivity index (χ4n) is 1.49. The molecule has 1 aromatic carbocycles. The molecule has 0 fully saturated rings. The van der Waals surface area contributed by atoms with Crippen LogP contribution in [0.5, 0.6) is 0 Å². The summed E-state index contributed by atoms with van der Waals surface area (Å²) in [7, 11) is 2.00. The Hall–Kier alpha value is -1.17. The van der Waals surface area contributed by atoms with Crippen molar-refractivity contribution in [1.82, 2.24) is 4.90 Å². The molecule has 0 amide bonds. The first-order chi connectivity index (χ1) is 6.81. The first-order valence-corrected chi connectivity index (χ1v) is 4.49. The maximum Gasteiger partial charge on any atom is 0.0789 e. The number of amidine groups is 1. The molecule has 1 aliphatic heterocycles. The van der Waals surface area contributed by atoms with Crippen molar-refractivity contribution in [3.63, 3.8) is 0 Å². The van der Waals surface area contributed by atoms with Gasteiger partial charge in [-0.3, -0.25) is 0 Å². The minimum atomic E-state index is 0. The summed E-state index contributed by atoms with van der Waals surface area (Å²) in [6.07, 6.45) is 0. The Bertz CT molecular complexity index is 420. The molecule has 2 rings (SSSR count). The number of likely N-dealkylation sites (N-methyl/N-ethyl adjacent to an activating group) is 1. The van der Waals surface area contributed by atoms with E-state index in [4.69, 9.17) is 5.26 Å². The average molecular weight is 376 g/mol. The molecule has 0 saturated heterocycles. The minimum absolute atomic E-state index is 0. The maximum absolute atomic E-state index is 8.75. The van der Waals surface area contributed by atoms with Crippen LogP contribution in [0.2, 0.25) is 0 Å². The van der Waals surface area contributed by atoms with Gasteiger partial charge in [-0.05, 0) is 12.6 Å². The third kappa shape index (κ3) is 2.44. The number of benzene rings is 1. The average Bonchev–Trinajstić information content (AvgIpc) is 2.65. The largest absolute Gasteiger partial charge is 0.397 e. The third-order valence-corrected chi connectivity index (χ3v) is 2.23. The van der Waals surface area contributed by atoms with Gasteiger partial charge >= 0.3 is 0 Å². The molecule has 1 aromatic rings. The molecule has 0 spiro atoms. The van der Waals surface area contributed by atoms with E-state index in [0.29, 0.717) is 5.56 Å². The number of hydrogen-bond acceptors (Lipinski definition) is 3. The van der Waals surface area contributed by atoms with Crippen LogP contribution in [0.4, 0.5) is 0 Å². The van der Waals surface area contributed by atoms with E-state index >= 15 is 0 Å². The van der Waals surface area contributed by atoms with Crippen LogP contribution in [0.3, 0.4) is 0 Å². The van der Waals surface area contributed by atoms with Crippen molar-refractivity contribution in [2.45, 2.75) is 0 Å². The van der Waals surface area contributed by atoms with Crippen LogP contribution in [-0.4, -0.2) is 30.9 Å². The zero-order chi connectivity index (χ0) is 9.97. The molecule has 0 bridgehead atoms. The molecule has 4 heteroatoms. The Morgan fingerprint density at radius 2 is 2.40 bits per heavy atom. The SMILES string of the molecule is CN1CCN=C1c1[c-]ccc(C#N)c1.[Ir]. The van der Waals surface area contributed by atoms with Gasteiger partial charge in [-0.2, -0.15) is 5.26 Å². The first-order valence-electron chi connectivity index (χ1n) is 4.49. The van der Waals surface area contributed by atoms with Gasteiger partial charge in [0.1, 0.15) is 0 Å². The monoisotopic (exact) mass is 377 g/mol. The van der Waals surface area contributed by atoms with Crippen molar-refractivity contribution in [2.75, 3.05) is 20.1 Å². The molecule has 0 unspecified atom stereocenters. The zero-order valence-corrected chi connectivity index (χ0v) is 10.7. The van der Waals surface area contributed by atoms with Crippen LogP contribution < -0.4 is 0 Å². The maximum atomic E-state index is 8.75. The molecule has 1 radical (unpaired) electrons. The van der Waals surface area contributed by atoms with Gasteiger partial charge < -0.3 is 9.89 Å². The van der Waals surface area contributed by atoms with Gasteiger partial charge in [-0.15, -0.1) is 29.8 Å². The number of nitrogens with zero attached hydrogens (tertiary/aromatic N) is 3. The van der Waals surface area contributed by atoms with Gasteiger partial charge in [0, 0.05) is 39.0 Å². The Morgan fingerprint density at radius 3 is 3.00 bits per heavy atom. The number of hydrogen-bond donors (Lipinski definition) is 0. The van der Waals surface area contributed by atoms with Crippen molar-refractivity contribution in [3.05, 3.63) is 35.4 Å². The fraction of sp³-hybridized carbons (Fsp3) is 0.273. The molecule has 0 aliphatic carbocycles. The van der Waals surface area contributed by atoms with Gasteiger partial charge in [-0.25, -0.2) is 0 Å². The molecule has 0 N–H and O–H groups in total. The quantitative estimate of drug-likeness (QED) is 0.688. The summed E-state index contributed by atoms with van der Waals surface area (Å²) >= 11 is 0. The van der Waals surface area contributed by atoms with Crippen LogP contribution in [-0.2, 0) is 20.1 Å². The predicted molar refractivity (Wildman–Crippen MR) is 54.0 cm³/mol. The first kappa shape index (κ1) is 11.9. The molecule has 0 atom stereocenters. The van der Waals surface area contributed by atoms with E-state index in [9.17, 15) is 0 Å². The summed E-state index contributed by atoms with van der Waals surface area (Å²) < 4.78 is 0. The van der Waals surface area contributed by atoms with E-state index in [1.807, 2.05) is 13.1 Å². The van der Waals surface area contributed by atoms with Crippen LogP contribution in [0.15, 0.2) is 23.2 Å². The molecule has 1 heterocycles. The van der Waals surface area contributed by atoms with Crippen molar-refractivity contribution >= 4 is 5.84 Å². The standard InChI is InChI=1S/C11H10N3.Ir/c1-14-6-5-13-11(14)10-4-2-3-9(7-10)8-12;/h2-3,7H,5-6H2,1H3;/q-1;. The Balaban J connectivity index is 0.00000112. The van der Waals surface area contributed by atoms with Gasteiger partial charge in [-0.1, -0.05) is 0 Å². The van der Waals surface area contributed by atoms with E-state index in [1.165, 1.54) is 0 Å². The van der Waals surface area contributed by atoms with Gasteiger partial charge in [0.2, 0.25) is 0 Å². The second-order valence-corrected chi connectivity index (χ2v) is 3.23. The Kier molecular flexibility index (Phi) is 4.02. The summed E-state index contributed by atoms with van der Waals surface area (Å²) in [4.78, 5) is 6.44. The number of nitriles is 1. The second-order valence-electron chi connectivity index (χ2n) is 3.23. The number of aliphatic imine (C=N–C) groups is 1. The Labute approximate surface area is 103 Å². The molecule has 1 aliphatic rings. The van der Waals surface area contributed by atoms with E-state index in [2.05, 4.69) is 22.0 Å². The minimum Gasteiger partial charge on any atom is -0.397 e.